The van der Waals surface area contributed by atoms with E-state index in [0.717, 1.165) is 28.5 Å². The summed E-state index contributed by atoms with van der Waals surface area (Å²) in [4.78, 5) is 10.6. The maximum Gasteiger partial charge on any atom is 0.142 e. The second kappa shape index (κ2) is 5.32. The van der Waals surface area contributed by atoms with Crippen LogP contribution in [0.25, 0.3) is 22.9 Å². The first-order valence-corrected chi connectivity index (χ1v) is 6.56. The second-order valence-corrected chi connectivity index (χ2v) is 4.73. The number of halogens is 1. The van der Waals surface area contributed by atoms with Gasteiger partial charge >= 0.3 is 0 Å². The van der Waals surface area contributed by atoms with Gasteiger partial charge in [0.15, 0.2) is 0 Å². The summed E-state index contributed by atoms with van der Waals surface area (Å²) in [6.07, 6.45) is 5.77. The van der Waals surface area contributed by atoms with E-state index in [0.29, 0.717) is 5.69 Å². The second-order valence-electron chi connectivity index (χ2n) is 4.73. The molecule has 0 spiro atoms. The highest BCUT2D eigenvalue weighted by atomic mass is 19.1. The maximum absolute atomic E-state index is 13.1. The average molecular weight is 280 g/mol. The number of carbonyl (C=O) groups excluding carboxylic acids is 1. The number of benzene rings is 1. The van der Waals surface area contributed by atoms with Gasteiger partial charge in [0.1, 0.15) is 12.1 Å². The van der Waals surface area contributed by atoms with Crippen molar-refractivity contribution in [1.29, 1.82) is 0 Å². The Bertz CT molecular complexity index is 832. The van der Waals surface area contributed by atoms with E-state index in [4.69, 9.17) is 0 Å². The average Bonchev–Trinajstić information content (AvgIpc) is 2.96. The summed E-state index contributed by atoms with van der Waals surface area (Å²) in [6.45, 7) is 1.98. The molecule has 0 aliphatic heterocycles. The Morgan fingerprint density at radius 3 is 2.67 bits per heavy atom. The van der Waals surface area contributed by atoms with Gasteiger partial charge in [0.05, 0.1) is 11.2 Å². The Morgan fingerprint density at radius 2 is 1.95 bits per heavy atom. The summed E-state index contributed by atoms with van der Waals surface area (Å²) in [6, 6.07) is 10.1. The highest BCUT2D eigenvalue weighted by Crippen LogP contribution is 2.28. The smallest absolute Gasteiger partial charge is 0.142 e. The lowest BCUT2D eigenvalue weighted by Gasteiger charge is -2.11. The standard InChI is InChI=1S/C17H13FN2O/c1-12-15(4-3-11-21)17(13-6-8-14(18)9-7-13)19-20-10-2-5-16(12)20/h2-11H,1H3. The van der Waals surface area contributed by atoms with Gasteiger partial charge in [-0.3, -0.25) is 4.79 Å². The van der Waals surface area contributed by atoms with Crippen molar-refractivity contribution in [2.45, 2.75) is 6.92 Å². The molecule has 4 heteroatoms. The monoisotopic (exact) mass is 280 g/mol. The Hall–Kier alpha value is -2.75. The molecule has 0 N–H and O–H groups in total. The van der Waals surface area contributed by atoms with Crippen LogP contribution in [0.1, 0.15) is 11.1 Å². The number of aromatic nitrogens is 2. The topological polar surface area (TPSA) is 34.4 Å². The van der Waals surface area contributed by atoms with Crippen molar-refractivity contribution >= 4 is 17.9 Å². The molecule has 2 aromatic heterocycles. The van der Waals surface area contributed by atoms with Crippen LogP contribution in [0.5, 0.6) is 0 Å². The van der Waals surface area contributed by atoms with Gasteiger partial charge in [0.25, 0.3) is 0 Å². The van der Waals surface area contributed by atoms with E-state index in [9.17, 15) is 9.18 Å². The van der Waals surface area contributed by atoms with E-state index < -0.39 is 0 Å². The van der Waals surface area contributed by atoms with E-state index in [1.807, 2.05) is 25.3 Å². The number of rotatable bonds is 3. The molecule has 0 atom stereocenters. The summed E-state index contributed by atoms with van der Waals surface area (Å²) in [7, 11) is 0. The lowest BCUT2D eigenvalue weighted by molar-refractivity contribution is -0.104. The molecule has 0 unspecified atom stereocenters. The van der Waals surface area contributed by atoms with Crippen molar-refractivity contribution in [2.75, 3.05) is 0 Å². The van der Waals surface area contributed by atoms with E-state index in [2.05, 4.69) is 5.10 Å². The summed E-state index contributed by atoms with van der Waals surface area (Å²) in [5.74, 6) is -0.289. The van der Waals surface area contributed by atoms with Gasteiger partial charge < -0.3 is 0 Å². The number of fused-ring (bicyclic) bond motifs is 1. The van der Waals surface area contributed by atoms with Gasteiger partial charge in [-0.25, -0.2) is 8.91 Å². The Labute approximate surface area is 121 Å². The molecule has 0 saturated heterocycles. The molecule has 0 aliphatic rings. The number of carbonyl (C=O) groups is 1. The summed E-state index contributed by atoms with van der Waals surface area (Å²) in [5.41, 5.74) is 4.38. The zero-order valence-electron chi connectivity index (χ0n) is 11.5. The largest absolute Gasteiger partial charge is 0.299 e. The third-order valence-electron chi connectivity index (χ3n) is 3.44. The lowest BCUT2D eigenvalue weighted by atomic mass is 10.0. The Morgan fingerprint density at radius 1 is 1.19 bits per heavy atom. The van der Waals surface area contributed by atoms with Crippen LogP contribution >= 0.6 is 0 Å². The zero-order chi connectivity index (χ0) is 14.8. The van der Waals surface area contributed by atoms with E-state index in [-0.39, 0.29) is 5.82 Å². The highest BCUT2D eigenvalue weighted by molar-refractivity contribution is 5.83. The molecule has 3 rings (SSSR count). The van der Waals surface area contributed by atoms with Gasteiger partial charge in [-0.05, 0) is 61.0 Å². The molecular weight excluding hydrogens is 267 g/mol. The summed E-state index contributed by atoms with van der Waals surface area (Å²) >= 11 is 0. The number of aldehydes is 1. The third-order valence-corrected chi connectivity index (χ3v) is 3.44. The minimum absolute atomic E-state index is 0.289. The molecule has 1 aromatic carbocycles. The highest BCUT2D eigenvalue weighted by Gasteiger charge is 2.12. The van der Waals surface area contributed by atoms with E-state index in [1.54, 1.807) is 22.7 Å². The van der Waals surface area contributed by atoms with Gasteiger partial charge in [-0.1, -0.05) is 0 Å². The summed E-state index contributed by atoms with van der Waals surface area (Å²) < 4.78 is 14.9. The normalized spacial score (nSPS) is 11.3. The molecule has 3 aromatic rings. The first-order valence-electron chi connectivity index (χ1n) is 6.56. The quantitative estimate of drug-likeness (QED) is 0.542. The van der Waals surface area contributed by atoms with Crippen LogP contribution in [-0.4, -0.2) is 15.9 Å². The number of nitrogens with zero attached hydrogens (tertiary/aromatic N) is 2. The minimum atomic E-state index is -0.289. The summed E-state index contributed by atoms with van der Waals surface area (Å²) in [5, 5.41) is 4.58. The fourth-order valence-corrected chi connectivity index (χ4v) is 2.39. The predicted octanol–water partition coefficient (Wildman–Crippen LogP) is 3.66. The molecule has 0 saturated carbocycles. The third kappa shape index (κ3) is 2.36. The molecule has 0 amide bonds. The number of hydrogen-bond donors (Lipinski definition) is 0. The lowest BCUT2D eigenvalue weighted by Crippen LogP contribution is -2.00. The van der Waals surface area contributed by atoms with Crippen molar-refractivity contribution in [1.82, 2.24) is 9.61 Å². The van der Waals surface area contributed by atoms with Crippen LogP contribution in [0.3, 0.4) is 0 Å². The number of aryl methyl sites for hydroxylation is 1. The Balaban J connectivity index is 2.30. The van der Waals surface area contributed by atoms with Crippen molar-refractivity contribution < 1.29 is 9.18 Å². The fraction of sp³-hybridized carbons (Fsp3) is 0.0588. The molecular formula is C17H13FN2O. The molecule has 0 fully saturated rings. The van der Waals surface area contributed by atoms with Crippen LogP contribution in [0.15, 0.2) is 48.7 Å². The van der Waals surface area contributed by atoms with Crippen molar-refractivity contribution in [3.05, 3.63) is 65.6 Å². The van der Waals surface area contributed by atoms with Gasteiger partial charge in [-0.2, -0.15) is 5.10 Å². The maximum atomic E-state index is 13.1. The van der Waals surface area contributed by atoms with Crippen molar-refractivity contribution in [3.8, 4) is 11.3 Å². The zero-order valence-corrected chi connectivity index (χ0v) is 11.5. The van der Waals surface area contributed by atoms with Gasteiger partial charge in [0.2, 0.25) is 0 Å². The van der Waals surface area contributed by atoms with Crippen LogP contribution < -0.4 is 0 Å². The van der Waals surface area contributed by atoms with E-state index in [1.165, 1.54) is 18.2 Å². The van der Waals surface area contributed by atoms with Crippen molar-refractivity contribution in [3.63, 3.8) is 0 Å². The number of allylic oxidation sites excluding steroid dienone is 1. The SMILES string of the molecule is Cc1c(C=CC=O)c(-c2ccc(F)cc2)nn2cccc12. The molecule has 3 nitrogen and oxygen atoms in total. The first-order chi connectivity index (χ1) is 10.2. The Kier molecular flexibility index (Phi) is 3.36. The fourth-order valence-electron chi connectivity index (χ4n) is 2.39. The first kappa shape index (κ1) is 13.2. The molecule has 0 bridgehead atoms. The predicted molar refractivity (Wildman–Crippen MR) is 80.4 cm³/mol. The van der Waals surface area contributed by atoms with Crippen molar-refractivity contribution in [2.24, 2.45) is 0 Å². The molecule has 2 heterocycles. The van der Waals surface area contributed by atoms with Gasteiger partial charge in [-0.15, -0.1) is 0 Å². The van der Waals surface area contributed by atoms with E-state index >= 15 is 0 Å². The molecule has 104 valence electrons. The van der Waals surface area contributed by atoms with Crippen LogP contribution in [-0.2, 0) is 4.79 Å². The molecule has 0 radical (unpaired) electrons. The number of hydrogen-bond acceptors (Lipinski definition) is 2. The van der Waals surface area contributed by atoms with Crippen LogP contribution in [0.4, 0.5) is 4.39 Å². The van der Waals surface area contributed by atoms with Crippen LogP contribution in [0.2, 0.25) is 0 Å². The van der Waals surface area contributed by atoms with Gasteiger partial charge in [0, 0.05) is 17.3 Å². The minimum Gasteiger partial charge on any atom is -0.299 e. The molecule has 21 heavy (non-hydrogen) atoms. The molecule has 0 aliphatic carbocycles. The van der Waals surface area contributed by atoms with Crippen LogP contribution in [0, 0.1) is 12.7 Å².